The Hall–Kier alpha value is -2.88. The third kappa shape index (κ3) is 7.12. The van der Waals surface area contributed by atoms with Gasteiger partial charge in [-0.3, -0.25) is 13.9 Å². The first-order valence-corrected chi connectivity index (χ1v) is 14.4. The average molecular weight is 607 g/mol. The molecule has 1 N–H and O–H groups in total. The summed E-state index contributed by atoms with van der Waals surface area (Å²) in [5, 5.41) is 3.23. The van der Waals surface area contributed by atoms with Gasteiger partial charge in [-0.2, -0.15) is 0 Å². The number of anilines is 1. The van der Waals surface area contributed by atoms with Gasteiger partial charge >= 0.3 is 0 Å². The highest BCUT2D eigenvalue weighted by Crippen LogP contribution is 2.27. The van der Waals surface area contributed by atoms with Crippen molar-refractivity contribution in [2.75, 3.05) is 17.4 Å². The highest BCUT2D eigenvalue weighted by atomic mass is 79.9. The Morgan fingerprint density at radius 3 is 2.27 bits per heavy atom. The van der Waals surface area contributed by atoms with Gasteiger partial charge in [0.15, 0.2) is 0 Å². The van der Waals surface area contributed by atoms with Gasteiger partial charge in [-0.25, -0.2) is 8.42 Å². The molecule has 0 radical (unpaired) electrons. The van der Waals surface area contributed by atoms with Crippen LogP contribution in [0.5, 0.6) is 0 Å². The number of likely N-dealkylation sites (N-methyl/N-ethyl adjacent to an activating group) is 1. The van der Waals surface area contributed by atoms with Crippen LogP contribution < -0.4 is 9.62 Å². The van der Waals surface area contributed by atoms with Crippen LogP contribution >= 0.6 is 27.5 Å². The van der Waals surface area contributed by atoms with Crippen LogP contribution in [-0.2, 0) is 26.2 Å². The fraction of sp³-hybridized carbons (Fsp3) is 0.259. The van der Waals surface area contributed by atoms with Crippen molar-refractivity contribution in [3.8, 4) is 0 Å². The van der Waals surface area contributed by atoms with Crippen LogP contribution in [0.1, 0.15) is 25.8 Å². The quantitative estimate of drug-likeness (QED) is 0.323. The normalized spacial score (nSPS) is 12.0. The van der Waals surface area contributed by atoms with E-state index in [4.69, 9.17) is 11.6 Å². The van der Waals surface area contributed by atoms with Crippen LogP contribution in [0.25, 0.3) is 0 Å². The molecule has 0 aromatic heterocycles. The lowest BCUT2D eigenvalue weighted by Gasteiger charge is -2.33. The molecule has 0 aliphatic rings. The zero-order valence-corrected chi connectivity index (χ0v) is 23.8. The molecular formula is C27H29BrClN3O4S. The number of carbonyl (C=O) groups is 2. The fourth-order valence-corrected chi connectivity index (χ4v) is 5.91. The Labute approximate surface area is 231 Å². The van der Waals surface area contributed by atoms with Gasteiger partial charge in [-0.05, 0) is 55.3 Å². The van der Waals surface area contributed by atoms with Crippen molar-refractivity contribution in [3.63, 3.8) is 0 Å². The van der Waals surface area contributed by atoms with E-state index in [0.29, 0.717) is 33.7 Å². The number of amides is 2. The molecule has 0 saturated carbocycles. The molecule has 0 heterocycles. The lowest BCUT2D eigenvalue weighted by molar-refractivity contribution is -0.140. The Morgan fingerprint density at radius 2 is 1.65 bits per heavy atom. The third-order valence-electron chi connectivity index (χ3n) is 5.74. The summed E-state index contributed by atoms with van der Waals surface area (Å²) in [5.41, 5.74) is 0.968. The molecule has 7 nitrogen and oxygen atoms in total. The summed E-state index contributed by atoms with van der Waals surface area (Å²) >= 11 is 9.77. The smallest absolute Gasteiger partial charge is 0.264 e. The molecule has 0 aliphatic heterocycles. The number of nitrogens with one attached hydrogen (secondary N) is 1. The van der Waals surface area contributed by atoms with E-state index in [1.54, 1.807) is 80.6 Å². The Morgan fingerprint density at radius 1 is 0.973 bits per heavy atom. The van der Waals surface area contributed by atoms with Crippen LogP contribution in [0.4, 0.5) is 5.69 Å². The molecule has 0 spiro atoms. The highest BCUT2D eigenvalue weighted by Gasteiger charge is 2.33. The number of nitrogens with zero attached hydrogens (tertiary/aromatic N) is 2. The van der Waals surface area contributed by atoms with Crippen molar-refractivity contribution in [2.24, 2.45) is 0 Å². The van der Waals surface area contributed by atoms with Gasteiger partial charge < -0.3 is 10.2 Å². The minimum absolute atomic E-state index is 0.0475. The van der Waals surface area contributed by atoms with Gasteiger partial charge in [0.25, 0.3) is 10.0 Å². The molecule has 0 fully saturated rings. The van der Waals surface area contributed by atoms with E-state index in [9.17, 15) is 18.0 Å². The molecule has 2 amide bonds. The number of benzene rings is 3. The molecule has 3 rings (SSSR count). The number of rotatable bonds is 11. The van der Waals surface area contributed by atoms with E-state index in [2.05, 4.69) is 21.2 Å². The summed E-state index contributed by atoms with van der Waals surface area (Å²) in [7, 11) is -4.10. The predicted octanol–water partition coefficient (Wildman–Crippen LogP) is 5.24. The third-order valence-corrected chi connectivity index (χ3v) is 8.39. The van der Waals surface area contributed by atoms with Crippen LogP contribution in [0.3, 0.4) is 0 Å². The van der Waals surface area contributed by atoms with E-state index in [0.717, 1.165) is 4.31 Å². The SMILES string of the molecule is CCNC(=O)[C@H](CC)N(Cc1ccccc1Cl)C(=O)CN(c1cccc(Br)c1)S(=O)(=O)c1ccccc1. The van der Waals surface area contributed by atoms with Crippen molar-refractivity contribution < 1.29 is 18.0 Å². The van der Waals surface area contributed by atoms with Gasteiger partial charge in [0, 0.05) is 22.6 Å². The molecule has 0 unspecified atom stereocenters. The first-order valence-electron chi connectivity index (χ1n) is 11.8. The predicted molar refractivity (Wildman–Crippen MR) is 150 cm³/mol. The lowest BCUT2D eigenvalue weighted by atomic mass is 10.1. The molecule has 0 aliphatic carbocycles. The molecular weight excluding hydrogens is 578 g/mol. The average Bonchev–Trinajstić information content (AvgIpc) is 2.88. The van der Waals surface area contributed by atoms with Crippen molar-refractivity contribution in [1.29, 1.82) is 0 Å². The minimum Gasteiger partial charge on any atom is -0.355 e. The second-order valence-corrected chi connectivity index (χ2v) is 11.4. The number of hydrogen-bond acceptors (Lipinski definition) is 4. The summed E-state index contributed by atoms with van der Waals surface area (Å²) in [6, 6.07) is 20.9. The minimum atomic E-state index is -4.10. The van der Waals surface area contributed by atoms with Crippen LogP contribution in [-0.4, -0.2) is 44.3 Å². The molecule has 0 saturated heterocycles. The van der Waals surface area contributed by atoms with Crippen molar-refractivity contribution in [2.45, 2.75) is 37.8 Å². The molecule has 3 aromatic carbocycles. The Balaban J connectivity index is 2.06. The molecule has 10 heteroatoms. The number of halogens is 2. The summed E-state index contributed by atoms with van der Waals surface area (Å²) in [6.45, 7) is 3.54. The summed E-state index contributed by atoms with van der Waals surface area (Å²) in [5.74, 6) is -0.845. The summed E-state index contributed by atoms with van der Waals surface area (Å²) in [6.07, 6.45) is 0.338. The molecule has 196 valence electrons. The van der Waals surface area contributed by atoms with Gasteiger partial charge in [0.2, 0.25) is 11.8 Å². The van der Waals surface area contributed by atoms with Gasteiger partial charge in [0.1, 0.15) is 12.6 Å². The maximum atomic E-state index is 13.9. The zero-order valence-electron chi connectivity index (χ0n) is 20.6. The van der Waals surface area contributed by atoms with Gasteiger partial charge in [-0.15, -0.1) is 0 Å². The monoisotopic (exact) mass is 605 g/mol. The van der Waals surface area contributed by atoms with Crippen LogP contribution in [0.15, 0.2) is 88.2 Å². The standard InChI is InChI=1S/C27H29BrClN3O4S/c1-3-25(27(34)30-4-2)31(18-20-11-8-9-16-24(20)29)26(33)19-32(22-13-10-12-21(28)17-22)37(35,36)23-14-6-5-7-15-23/h5-17,25H,3-4,18-19H2,1-2H3,(H,30,34)/t25-/m0/s1. The molecule has 1 atom stereocenters. The molecule has 0 bridgehead atoms. The largest absolute Gasteiger partial charge is 0.355 e. The maximum Gasteiger partial charge on any atom is 0.264 e. The summed E-state index contributed by atoms with van der Waals surface area (Å²) < 4.78 is 29.2. The molecule has 37 heavy (non-hydrogen) atoms. The first-order chi connectivity index (χ1) is 17.7. The molecule has 3 aromatic rings. The van der Waals surface area contributed by atoms with E-state index < -0.39 is 28.5 Å². The Bertz CT molecular complexity index is 1340. The topological polar surface area (TPSA) is 86.8 Å². The van der Waals surface area contributed by atoms with E-state index in [1.165, 1.54) is 17.0 Å². The number of sulfonamides is 1. The summed E-state index contributed by atoms with van der Waals surface area (Å²) in [4.78, 5) is 28.3. The second kappa shape index (κ2) is 13.1. The van der Waals surface area contributed by atoms with E-state index in [1.807, 2.05) is 0 Å². The number of hydrogen-bond donors (Lipinski definition) is 1. The first kappa shape index (κ1) is 28.7. The zero-order chi connectivity index (χ0) is 27.0. The van der Waals surface area contributed by atoms with Crippen molar-refractivity contribution in [3.05, 3.63) is 93.9 Å². The maximum absolute atomic E-state index is 13.9. The lowest BCUT2D eigenvalue weighted by Crippen LogP contribution is -2.52. The number of carbonyl (C=O) groups excluding carboxylic acids is 2. The van der Waals surface area contributed by atoms with Gasteiger partial charge in [0.05, 0.1) is 10.6 Å². The second-order valence-electron chi connectivity index (χ2n) is 8.24. The fourth-order valence-electron chi connectivity index (χ4n) is 3.90. The van der Waals surface area contributed by atoms with Crippen LogP contribution in [0, 0.1) is 0 Å². The Kier molecular flexibility index (Phi) is 10.1. The van der Waals surface area contributed by atoms with Crippen molar-refractivity contribution >= 4 is 55.1 Å². The van der Waals surface area contributed by atoms with Crippen LogP contribution in [0.2, 0.25) is 5.02 Å². The van der Waals surface area contributed by atoms with Gasteiger partial charge in [-0.1, -0.05) is 76.9 Å². The van der Waals surface area contributed by atoms with Crippen molar-refractivity contribution in [1.82, 2.24) is 10.2 Å². The van der Waals surface area contributed by atoms with E-state index >= 15 is 0 Å². The van der Waals surface area contributed by atoms with E-state index in [-0.39, 0.29) is 17.3 Å². The highest BCUT2D eigenvalue weighted by molar-refractivity contribution is 9.10.